The molecule has 1 amide bonds. The Morgan fingerprint density at radius 2 is 1.88 bits per heavy atom. The molecule has 1 N–H and O–H groups in total. The van der Waals surface area contributed by atoms with Crippen molar-refractivity contribution in [2.45, 2.75) is 51.0 Å². The third-order valence-corrected chi connectivity index (χ3v) is 6.48. The summed E-state index contributed by atoms with van der Waals surface area (Å²) in [6.07, 6.45) is 9.26. The molecule has 6 rings (SSSR count). The molecule has 2 heterocycles. The summed E-state index contributed by atoms with van der Waals surface area (Å²) in [7, 11) is 0. The molecule has 4 fully saturated rings. The van der Waals surface area contributed by atoms with Crippen LogP contribution in [0.25, 0.3) is 11.5 Å². The van der Waals surface area contributed by atoms with Crippen molar-refractivity contribution in [3.8, 4) is 11.5 Å². The van der Waals surface area contributed by atoms with E-state index in [1.165, 1.54) is 32.1 Å². The molecule has 26 heavy (non-hydrogen) atoms. The second-order valence-electron chi connectivity index (χ2n) is 8.25. The molecular formula is C20H24N4O2. The van der Waals surface area contributed by atoms with Crippen LogP contribution in [0.2, 0.25) is 0 Å². The highest BCUT2D eigenvalue weighted by atomic mass is 16.5. The summed E-state index contributed by atoms with van der Waals surface area (Å²) in [5.41, 5.74) is 0.681. The van der Waals surface area contributed by atoms with E-state index < -0.39 is 0 Å². The first-order chi connectivity index (χ1) is 12.7. The summed E-state index contributed by atoms with van der Waals surface area (Å²) in [5.74, 6) is 4.33. The van der Waals surface area contributed by atoms with Gasteiger partial charge in [-0.05, 0) is 67.9 Å². The quantitative estimate of drug-likeness (QED) is 0.895. The zero-order valence-corrected chi connectivity index (χ0v) is 14.8. The number of amides is 1. The summed E-state index contributed by atoms with van der Waals surface area (Å²) >= 11 is 0. The first kappa shape index (κ1) is 16.0. The van der Waals surface area contributed by atoms with Crippen LogP contribution >= 0.6 is 0 Å². The van der Waals surface area contributed by atoms with Gasteiger partial charge in [0, 0.05) is 25.1 Å². The van der Waals surface area contributed by atoms with Gasteiger partial charge >= 0.3 is 0 Å². The van der Waals surface area contributed by atoms with Crippen molar-refractivity contribution in [2.75, 3.05) is 0 Å². The fourth-order valence-electron chi connectivity index (χ4n) is 5.59. The Balaban J connectivity index is 1.16. The van der Waals surface area contributed by atoms with Crippen LogP contribution in [0, 0.1) is 23.7 Å². The molecule has 0 spiro atoms. The summed E-state index contributed by atoms with van der Waals surface area (Å²) < 4.78 is 5.27. The van der Waals surface area contributed by atoms with Gasteiger partial charge in [0.25, 0.3) is 0 Å². The molecule has 0 unspecified atom stereocenters. The molecule has 136 valence electrons. The molecule has 4 aliphatic rings. The summed E-state index contributed by atoms with van der Waals surface area (Å²) in [5, 5.41) is 7.29. The largest absolute Gasteiger partial charge is 0.353 e. The van der Waals surface area contributed by atoms with Crippen LogP contribution in [0.3, 0.4) is 0 Å². The first-order valence-corrected chi connectivity index (χ1v) is 9.78. The van der Waals surface area contributed by atoms with Crippen LogP contribution in [-0.4, -0.2) is 27.1 Å². The van der Waals surface area contributed by atoms with Gasteiger partial charge in [0.1, 0.15) is 5.69 Å². The molecule has 0 radical (unpaired) electrons. The molecule has 2 aromatic rings. The van der Waals surface area contributed by atoms with Crippen LogP contribution < -0.4 is 5.32 Å². The number of nitrogens with zero attached hydrogens (tertiary/aromatic N) is 3. The molecular weight excluding hydrogens is 328 g/mol. The molecule has 0 aliphatic heterocycles. The minimum absolute atomic E-state index is 0.111. The van der Waals surface area contributed by atoms with E-state index in [0.29, 0.717) is 48.1 Å². The summed E-state index contributed by atoms with van der Waals surface area (Å²) in [6.45, 7) is 0. The number of aromatic nitrogens is 3. The maximum Gasteiger partial charge on any atom is 0.227 e. The number of aryl methyl sites for hydroxylation is 1. The van der Waals surface area contributed by atoms with Crippen molar-refractivity contribution >= 4 is 5.91 Å². The van der Waals surface area contributed by atoms with Crippen LogP contribution in [-0.2, 0) is 11.2 Å². The molecule has 4 aliphatic carbocycles. The van der Waals surface area contributed by atoms with Gasteiger partial charge in [-0.15, -0.1) is 0 Å². The second kappa shape index (κ2) is 6.49. The van der Waals surface area contributed by atoms with Gasteiger partial charge in [-0.3, -0.25) is 9.78 Å². The third-order valence-electron chi connectivity index (χ3n) is 6.48. The maximum atomic E-state index is 12.5. The lowest BCUT2D eigenvalue weighted by Crippen LogP contribution is -2.55. The molecule has 0 aromatic carbocycles. The van der Waals surface area contributed by atoms with E-state index >= 15 is 0 Å². The molecule has 2 aromatic heterocycles. The molecule has 0 atom stereocenters. The maximum absolute atomic E-state index is 12.5. The third kappa shape index (κ3) is 3.02. The number of carbonyl (C=O) groups excluding carboxylic acids is 1. The van der Waals surface area contributed by atoms with Gasteiger partial charge in [-0.2, -0.15) is 4.98 Å². The summed E-state index contributed by atoms with van der Waals surface area (Å²) in [4.78, 5) is 21.0. The van der Waals surface area contributed by atoms with Crippen molar-refractivity contribution < 1.29 is 9.32 Å². The van der Waals surface area contributed by atoms with E-state index in [2.05, 4.69) is 20.4 Å². The highest BCUT2D eigenvalue weighted by Crippen LogP contribution is 2.53. The van der Waals surface area contributed by atoms with Crippen LogP contribution in [0.1, 0.15) is 44.4 Å². The Morgan fingerprint density at radius 3 is 2.58 bits per heavy atom. The Kier molecular flexibility index (Phi) is 3.98. The SMILES string of the molecule is O=C(CCc1nc(-c2ccccn2)no1)NC1C2CC3CC(C2)CC1C3. The number of hydrogen-bond acceptors (Lipinski definition) is 5. The topological polar surface area (TPSA) is 80.9 Å². The Morgan fingerprint density at radius 1 is 1.12 bits per heavy atom. The Hall–Kier alpha value is -2.24. The molecule has 6 nitrogen and oxygen atoms in total. The van der Waals surface area contributed by atoms with Gasteiger partial charge in [0.05, 0.1) is 0 Å². The number of pyridine rings is 1. The molecule has 4 saturated carbocycles. The lowest BCUT2D eigenvalue weighted by atomic mass is 9.54. The van der Waals surface area contributed by atoms with Crippen LogP contribution in [0.15, 0.2) is 28.9 Å². The van der Waals surface area contributed by atoms with E-state index in [1.54, 1.807) is 6.20 Å². The predicted molar refractivity (Wildman–Crippen MR) is 94.8 cm³/mol. The fraction of sp³-hybridized carbons (Fsp3) is 0.600. The van der Waals surface area contributed by atoms with E-state index in [4.69, 9.17) is 4.52 Å². The number of carbonyl (C=O) groups is 1. The smallest absolute Gasteiger partial charge is 0.227 e. The van der Waals surface area contributed by atoms with Crippen LogP contribution in [0.4, 0.5) is 0 Å². The van der Waals surface area contributed by atoms with E-state index in [1.807, 2.05) is 18.2 Å². The zero-order chi connectivity index (χ0) is 17.5. The number of hydrogen-bond donors (Lipinski definition) is 1. The minimum Gasteiger partial charge on any atom is -0.353 e. The normalized spacial score (nSPS) is 31.9. The van der Waals surface area contributed by atoms with Crippen molar-refractivity contribution in [3.63, 3.8) is 0 Å². The highest BCUT2D eigenvalue weighted by molar-refractivity contribution is 5.76. The lowest BCUT2D eigenvalue weighted by molar-refractivity contribution is -0.125. The van der Waals surface area contributed by atoms with Gasteiger partial charge in [0.2, 0.25) is 17.6 Å². The second-order valence-corrected chi connectivity index (χ2v) is 8.25. The van der Waals surface area contributed by atoms with E-state index in [-0.39, 0.29) is 5.91 Å². The van der Waals surface area contributed by atoms with Crippen LogP contribution in [0.5, 0.6) is 0 Å². The minimum atomic E-state index is 0.111. The van der Waals surface area contributed by atoms with E-state index in [9.17, 15) is 4.79 Å². The Labute approximate surface area is 152 Å². The number of rotatable bonds is 5. The highest BCUT2D eigenvalue weighted by Gasteiger charge is 2.48. The van der Waals surface area contributed by atoms with E-state index in [0.717, 1.165) is 11.8 Å². The molecule has 0 saturated heterocycles. The standard InChI is InChI=1S/C20H24N4O2/c25-17(22-19-14-8-12-7-13(10-14)11-15(19)9-12)4-5-18-23-20(24-26-18)16-3-1-2-6-21-16/h1-3,6,12-15,19H,4-5,7-11H2,(H,22,25). The number of nitrogens with one attached hydrogen (secondary N) is 1. The monoisotopic (exact) mass is 352 g/mol. The van der Waals surface area contributed by atoms with Gasteiger partial charge in [0.15, 0.2) is 0 Å². The predicted octanol–water partition coefficient (Wildman–Crippen LogP) is 3.01. The van der Waals surface area contributed by atoms with Gasteiger partial charge in [-0.25, -0.2) is 0 Å². The lowest BCUT2D eigenvalue weighted by Gasteiger charge is -2.54. The van der Waals surface area contributed by atoms with Crippen molar-refractivity contribution in [2.24, 2.45) is 23.7 Å². The Bertz CT molecular complexity index is 760. The van der Waals surface area contributed by atoms with Crippen molar-refractivity contribution in [1.29, 1.82) is 0 Å². The van der Waals surface area contributed by atoms with Crippen molar-refractivity contribution in [3.05, 3.63) is 30.3 Å². The average Bonchev–Trinajstić information content (AvgIpc) is 3.12. The molecule has 6 heteroatoms. The van der Waals surface area contributed by atoms with Gasteiger partial charge in [-0.1, -0.05) is 11.2 Å². The average molecular weight is 352 g/mol. The first-order valence-electron chi connectivity index (χ1n) is 9.78. The van der Waals surface area contributed by atoms with Crippen molar-refractivity contribution in [1.82, 2.24) is 20.4 Å². The molecule has 4 bridgehead atoms. The zero-order valence-electron chi connectivity index (χ0n) is 14.8. The fourth-order valence-corrected chi connectivity index (χ4v) is 5.59. The summed E-state index contributed by atoms with van der Waals surface area (Å²) in [6, 6.07) is 5.96. The van der Waals surface area contributed by atoms with Gasteiger partial charge < -0.3 is 9.84 Å².